The third kappa shape index (κ3) is 2.86. The van der Waals surface area contributed by atoms with Gasteiger partial charge in [-0.1, -0.05) is 0 Å². The molecule has 0 spiro atoms. The van der Waals surface area contributed by atoms with E-state index >= 15 is 0 Å². The fourth-order valence-corrected chi connectivity index (χ4v) is 3.19. The Hall–Kier alpha value is -0.810. The van der Waals surface area contributed by atoms with E-state index in [1.54, 1.807) is 6.26 Å². The molecule has 0 amide bonds. The van der Waals surface area contributed by atoms with Gasteiger partial charge in [-0.2, -0.15) is 0 Å². The summed E-state index contributed by atoms with van der Waals surface area (Å²) in [6.07, 6.45) is 4.47. The molecule has 1 aromatic heterocycles. The number of furan rings is 1. The van der Waals surface area contributed by atoms with Crippen molar-refractivity contribution in [3.63, 3.8) is 0 Å². The maximum Gasteiger partial charge on any atom is 0.150 e. The summed E-state index contributed by atoms with van der Waals surface area (Å²) in [5.41, 5.74) is 0. The highest BCUT2D eigenvalue weighted by molar-refractivity contribution is 7.91. The first-order valence-electron chi connectivity index (χ1n) is 5.49. The Morgan fingerprint density at radius 3 is 2.62 bits per heavy atom. The van der Waals surface area contributed by atoms with Crippen LogP contribution in [0.2, 0.25) is 0 Å². The van der Waals surface area contributed by atoms with Crippen LogP contribution in [0.25, 0.3) is 0 Å². The molecule has 0 bridgehead atoms. The maximum atomic E-state index is 11.4. The molecule has 4 nitrogen and oxygen atoms in total. The number of piperidine rings is 1. The van der Waals surface area contributed by atoms with Gasteiger partial charge in [0.1, 0.15) is 15.6 Å². The van der Waals surface area contributed by atoms with E-state index in [2.05, 4.69) is 4.90 Å². The number of nitrogens with zero attached hydrogens (tertiary/aromatic N) is 1. The van der Waals surface area contributed by atoms with Gasteiger partial charge in [0, 0.05) is 6.26 Å². The number of hydrogen-bond acceptors (Lipinski definition) is 4. The van der Waals surface area contributed by atoms with Crippen molar-refractivity contribution in [2.45, 2.75) is 24.6 Å². The van der Waals surface area contributed by atoms with Crippen molar-refractivity contribution in [1.29, 1.82) is 0 Å². The Kier molecular flexibility index (Phi) is 3.35. The van der Waals surface area contributed by atoms with E-state index in [1.807, 2.05) is 12.1 Å². The Morgan fingerprint density at radius 1 is 1.44 bits per heavy atom. The molecule has 2 heterocycles. The van der Waals surface area contributed by atoms with Gasteiger partial charge in [0.05, 0.1) is 18.1 Å². The molecule has 1 aliphatic rings. The molecule has 0 aliphatic carbocycles. The molecule has 0 N–H and O–H groups in total. The van der Waals surface area contributed by atoms with Gasteiger partial charge in [0.25, 0.3) is 0 Å². The zero-order chi connectivity index (χ0) is 11.6. The van der Waals surface area contributed by atoms with E-state index < -0.39 is 9.84 Å². The van der Waals surface area contributed by atoms with Crippen LogP contribution in [-0.4, -0.2) is 37.9 Å². The first-order chi connectivity index (χ1) is 7.55. The number of hydrogen-bond donors (Lipinski definition) is 0. The van der Waals surface area contributed by atoms with Crippen molar-refractivity contribution in [2.75, 3.05) is 19.3 Å². The van der Waals surface area contributed by atoms with Gasteiger partial charge in [-0.05, 0) is 38.1 Å². The average molecular weight is 243 g/mol. The molecule has 5 heteroatoms. The lowest BCUT2D eigenvalue weighted by Gasteiger charge is -2.30. The van der Waals surface area contributed by atoms with E-state index in [1.165, 1.54) is 6.26 Å². The Labute approximate surface area is 96.2 Å². The summed E-state index contributed by atoms with van der Waals surface area (Å²) in [6, 6.07) is 3.82. The highest BCUT2D eigenvalue weighted by Gasteiger charge is 2.26. The van der Waals surface area contributed by atoms with Crippen molar-refractivity contribution < 1.29 is 12.8 Å². The van der Waals surface area contributed by atoms with Crippen LogP contribution < -0.4 is 0 Å². The lowest BCUT2D eigenvalue weighted by molar-refractivity contribution is 0.206. The van der Waals surface area contributed by atoms with Gasteiger partial charge < -0.3 is 4.42 Å². The standard InChI is InChI=1S/C11H17NO3S/c1-16(13,14)11-4-6-12(7-5-11)9-10-3-2-8-15-10/h2-3,8,11H,4-7,9H2,1H3. The molecule has 2 rings (SSSR count). The van der Waals surface area contributed by atoms with E-state index in [9.17, 15) is 8.42 Å². The zero-order valence-electron chi connectivity index (χ0n) is 9.43. The number of likely N-dealkylation sites (tertiary alicyclic amines) is 1. The summed E-state index contributed by atoms with van der Waals surface area (Å²) in [6.45, 7) is 2.44. The van der Waals surface area contributed by atoms with Crippen molar-refractivity contribution in [3.8, 4) is 0 Å². The van der Waals surface area contributed by atoms with Crippen molar-refractivity contribution >= 4 is 9.84 Å². The number of sulfone groups is 1. The van der Waals surface area contributed by atoms with Crippen LogP contribution in [0.3, 0.4) is 0 Å². The quantitative estimate of drug-likeness (QED) is 0.802. The minimum absolute atomic E-state index is 0.152. The fraction of sp³-hybridized carbons (Fsp3) is 0.636. The third-order valence-electron chi connectivity index (χ3n) is 3.10. The van der Waals surface area contributed by atoms with E-state index in [4.69, 9.17) is 4.42 Å². The monoisotopic (exact) mass is 243 g/mol. The molecule has 0 saturated carbocycles. The van der Waals surface area contributed by atoms with Crippen molar-refractivity contribution in [1.82, 2.24) is 4.90 Å². The Morgan fingerprint density at radius 2 is 2.12 bits per heavy atom. The third-order valence-corrected chi connectivity index (χ3v) is 4.78. The second-order valence-electron chi connectivity index (χ2n) is 4.38. The summed E-state index contributed by atoms with van der Waals surface area (Å²) >= 11 is 0. The molecular weight excluding hydrogens is 226 g/mol. The van der Waals surface area contributed by atoms with Gasteiger partial charge in [0.15, 0.2) is 0 Å². The zero-order valence-corrected chi connectivity index (χ0v) is 10.2. The molecule has 0 aromatic carbocycles. The molecule has 1 aliphatic heterocycles. The summed E-state index contributed by atoms with van der Waals surface area (Å²) in [5.74, 6) is 0.942. The van der Waals surface area contributed by atoms with Gasteiger partial charge in [-0.3, -0.25) is 4.90 Å². The first kappa shape index (κ1) is 11.7. The molecule has 1 fully saturated rings. The molecule has 0 radical (unpaired) electrons. The summed E-state index contributed by atoms with van der Waals surface area (Å²) < 4.78 is 28.0. The fourth-order valence-electron chi connectivity index (χ4n) is 2.12. The molecule has 0 unspecified atom stereocenters. The molecule has 90 valence electrons. The normalized spacial score (nSPS) is 20.1. The van der Waals surface area contributed by atoms with Gasteiger partial charge >= 0.3 is 0 Å². The largest absolute Gasteiger partial charge is 0.468 e. The Balaban J connectivity index is 1.86. The molecule has 16 heavy (non-hydrogen) atoms. The van der Waals surface area contributed by atoms with E-state index in [0.717, 1.165) is 38.2 Å². The maximum absolute atomic E-state index is 11.4. The van der Waals surface area contributed by atoms with Crippen LogP contribution in [-0.2, 0) is 16.4 Å². The molecule has 1 aromatic rings. The molecular formula is C11H17NO3S. The lowest BCUT2D eigenvalue weighted by Crippen LogP contribution is -2.38. The SMILES string of the molecule is CS(=O)(=O)C1CCN(Cc2ccco2)CC1. The van der Waals surface area contributed by atoms with E-state index in [0.29, 0.717) is 0 Å². The minimum atomic E-state index is -2.86. The Bertz CT molecular complexity index is 416. The van der Waals surface area contributed by atoms with Crippen LogP contribution >= 0.6 is 0 Å². The predicted octanol–water partition coefficient (Wildman–Crippen LogP) is 1.29. The first-order valence-corrected chi connectivity index (χ1v) is 7.45. The molecule has 1 saturated heterocycles. The lowest BCUT2D eigenvalue weighted by atomic mass is 10.1. The van der Waals surface area contributed by atoms with Gasteiger partial charge in [0.2, 0.25) is 0 Å². The highest BCUT2D eigenvalue weighted by Crippen LogP contribution is 2.18. The topological polar surface area (TPSA) is 50.5 Å². The number of rotatable bonds is 3. The predicted molar refractivity (Wildman–Crippen MR) is 61.9 cm³/mol. The summed E-state index contributed by atoms with van der Waals surface area (Å²) in [5, 5.41) is -0.152. The van der Waals surface area contributed by atoms with Gasteiger partial charge in [-0.25, -0.2) is 8.42 Å². The van der Waals surface area contributed by atoms with Crippen LogP contribution in [0.1, 0.15) is 18.6 Å². The second kappa shape index (κ2) is 4.59. The second-order valence-corrected chi connectivity index (χ2v) is 6.71. The van der Waals surface area contributed by atoms with Crippen molar-refractivity contribution in [2.24, 2.45) is 0 Å². The van der Waals surface area contributed by atoms with Crippen molar-refractivity contribution in [3.05, 3.63) is 24.2 Å². The molecule has 0 atom stereocenters. The minimum Gasteiger partial charge on any atom is -0.468 e. The van der Waals surface area contributed by atoms with Crippen LogP contribution in [0.5, 0.6) is 0 Å². The summed E-state index contributed by atoms with van der Waals surface area (Å²) in [7, 11) is -2.86. The smallest absolute Gasteiger partial charge is 0.150 e. The van der Waals surface area contributed by atoms with E-state index in [-0.39, 0.29) is 5.25 Å². The van der Waals surface area contributed by atoms with Crippen LogP contribution in [0.4, 0.5) is 0 Å². The van der Waals surface area contributed by atoms with Crippen LogP contribution in [0, 0.1) is 0 Å². The van der Waals surface area contributed by atoms with Gasteiger partial charge in [-0.15, -0.1) is 0 Å². The summed E-state index contributed by atoms with van der Waals surface area (Å²) in [4.78, 5) is 2.24. The van der Waals surface area contributed by atoms with Crippen LogP contribution in [0.15, 0.2) is 22.8 Å². The average Bonchev–Trinajstić information content (AvgIpc) is 2.70. The highest BCUT2D eigenvalue weighted by atomic mass is 32.2.